The predicted octanol–water partition coefficient (Wildman–Crippen LogP) is 1.90. The third-order valence-corrected chi connectivity index (χ3v) is 4.66. The molecule has 5 nitrogen and oxygen atoms in total. The molecule has 0 atom stereocenters. The highest BCUT2D eigenvalue weighted by molar-refractivity contribution is 7.88. The monoisotopic (exact) mass is 295 g/mol. The van der Waals surface area contributed by atoms with Gasteiger partial charge in [-0.15, -0.1) is 0 Å². The first-order valence-corrected chi connectivity index (χ1v) is 7.59. The lowest BCUT2D eigenvalue weighted by Gasteiger charge is -2.15. The molecule has 0 fully saturated rings. The number of hydrogen-bond donors (Lipinski definition) is 1. The van der Waals surface area contributed by atoms with Crippen LogP contribution in [-0.4, -0.2) is 24.9 Å². The summed E-state index contributed by atoms with van der Waals surface area (Å²) >= 11 is 0. The van der Waals surface area contributed by atoms with E-state index in [4.69, 9.17) is 9.52 Å². The fourth-order valence-electron chi connectivity index (χ4n) is 1.77. The van der Waals surface area contributed by atoms with E-state index in [2.05, 4.69) is 0 Å². The van der Waals surface area contributed by atoms with Crippen LogP contribution in [0.3, 0.4) is 0 Å². The van der Waals surface area contributed by atoms with Gasteiger partial charge in [-0.2, -0.15) is 4.31 Å². The third-order valence-electron chi connectivity index (χ3n) is 2.98. The van der Waals surface area contributed by atoms with Crippen molar-refractivity contribution in [3.05, 3.63) is 53.3 Å². The van der Waals surface area contributed by atoms with Gasteiger partial charge in [0.15, 0.2) is 0 Å². The lowest BCUT2D eigenvalue weighted by molar-refractivity contribution is 0.235. The van der Waals surface area contributed by atoms with E-state index in [-0.39, 0.29) is 24.0 Å². The molecule has 0 radical (unpaired) electrons. The Morgan fingerprint density at radius 1 is 1.15 bits per heavy atom. The molecule has 0 aliphatic rings. The smallest absolute Gasteiger partial charge is 0.276 e. The Kier molecular flexibility index (Phi) is 4.27. The first-order chi connectivity index (χ1) is 9.43. The molecule has 0 bridgehead atoms. The molecule has 2 rings (SSSR count). The number of sulfonamides is 1. The number of aliphatic hydroxyl groups excluding tert-OH is 1. The van der Waals surface area contributed by atoms with E-state index in [1.807, 2.05) is 31.2 Å². The van der Waals surface area contributed by atoms with Gasteiger partial charge in [-0.1, -0.05) is 29.8 Å². The minimum atomic E-state index is -3.68. The fraction of sp³-hybridized carbons (Fsp3) is 0.286. The second-order valence-corrected chi connectivity index (χ2v) is 6.60. The Morgan fingerprint density at radius 3 is 2.35 bits per heavy atom. The van der Waals surface area contributed by atoms with Crippen LogP contribution < -0.4 is 0 Å². The van der Waals surface area contributed by atoms with E-state index in [9.17, 15) is 8.42 Å². The van der Waals surface area contributed by atoms with Crippen molar-refractivity contribution >= 4 is 10.0 Å². The van der Waals surface area contributed by atoms with Crippen molar-refractivity contribution in [2.24, 2.45) is 0 Å². The van der Waals surface area contributed by atoms with Crippen molar-refractivity contribution in [2.75, 3.05) is 7.05 Å². The largest absolute Gasteiger partial charge is 0.446 e. The Balaban J connectivity index is 2.18. The van der Waals surface area contributed by atoms with Gasteiger partial charge in [0.25, 0.3) is 10.0 Å². The summed E-state index contributed by atoms with van der Waals surface area (Å²) in [5.41, 5.74) is 2.02. The van der Waals surface area contributed by atoms with Crippen LogP contribution in [0.4, 0.5) is 0 Å². The van der Waals surface area contributed by atoms with Crippen LogP contribution >= 0.6 is 0 Å². The van der Waals surface area contributed by atoms with Gasteiger partial charge in [0.05, 0.1) is 0 Å². The average Bonchev–Trinajstić information content (AvgIpc) is 2.90. The van der Waals surface area contributed by atoms with E-state index in [0.29, 0.717) is 0 Å². The Morgan fingerprint density at radius 2 is 1.80 bits per heavy atom. The molecular weight excluding hydrogens is 278 g/mol. The summed E-state index contributed by atoms with van der Waals surface area (Å²) in [6.07, 6.45) is 0. The van der Waals surface area contributed by atoms with Gasteiger partial charge in [0, 0.05) is 13.6 Å². The zero-order chi connectivity index (χ0) is 14.8. The number of rotatable bonds is 5. The van der Waals surface area contributed by atoms with E-state index in [1.54, 1.807) is 0 Å². The highest BCUT2D eigenvalue weighted by atomic mass is 32.2. The van der Waals surface area contributed by atoms with Crippen LogP contribution in [0.5, 0.6) is 0 Å². The summed E-state index contributed by atoms with van der Waals surface area (Å²) in [7, 11) is -2.18. The first kappa shape index (κ1) is 14.8. The average molecular weight is 295 g/mol. The van der Waals surface area contributed by atoms with Crippen molar-refractivity contribution in [3.8, 4) is 0 Å². The number of nitrogens with zero attached hydrogens (tertiary/aromatic N) is 1. The SMILES string of the molecule is Cc1ccc(CN(C)S(=O)(=O)c2ccc(CO)o2)cc1. The Hall–Kier alpha value is -1.63. The topological polar surface area (TPSA) is 70.8 Å². The standard InChI is InChI=1S/C14H17NO4S/c1-11-3-5-12(6-4-11)9-15(2)20(17,18)14-8-7-13(10-16)19-14/h3-8,16H,9-10H2,1-2H3. The van der Waals surface area contributed by atoms with Crippen LogP contribution in [0.25, 0.3) is 0 Å². The van der Waals surface area contributed by atoms with Gasteiger partial charge in [-0.25, -0.2) is 8.42 Å². The number of aliphatic hydroxyl groups is 1. The van der Waals surface area contributed by atoms with Crippen molar-refractivity contribution < 1.29 is 17.9 Å². The molecule has 1 N–H and O–H groups in total. The molecule has 1 aromatic carbocycles. The quantitative estimate of drug-likeness (QED) is 0.914. The summed E-state index contributed by atoms with van der Waals surface area (Å²) < 4.78 is 30.9. The molecule has 6 heteroatoms. The van der Waals surface area contributed by atoms with Gasteiger partial charge in [-0.05, 0) is 24.6 Å². The molecule has 0 saturated carbocycles. The van der Waals surface area contributed by atoms with Gasteiger partial charge in [0.1, 0.15) is 12.4 Å². The van der Waals surface area contributed by atoms with Crippen molar-refractivity contribution in [1.82, 2.24) is 4.31 Å². The van der Waals surface area contributed by atoms with Crippen LogP contribution in [0.1, 0.15) is 16.9 Å². The molecule has 108 valence electrons. The lowest BCUT2D eigenvalue weighted by Crippen LogP contribution is -2.26. The molecule has 0 unspecified atom stereocenters. The van der Waals surface area contributed by atoms with E-state index in [1.165, 1.54) is 23.5 Å². The second-order valence-electron chi connectivity index (χ2n) is 4.63. The summed E-state index contributed by atoms with van der Waals surface area (Å²) in [6, 6.07) is 10.5. The third kappa shape index (κ3) is 3.09. The highest BCUT2D eigenvalue weighted by Crippen LogP contribution is 2.19. The number of benzene rings is 1. The molecule has 0 aliphatic heterocycles. The van der Waals surface area contributed by atoms with E-state index in [0.717, 1.165) is 11.1 Å². The maximum absolute atomic E-state index is 12.3. The molecule has 2 aromatic rings. The summed E-state index contributed by atoms with van der Waals surface area (Å²) in [5.74, 6) is 0.229. The molecule has 0 spiro atoms. The molecular formula is C14H17NO4S. The van der Waals surface area contributed by atoms with Crippen molar-refractivity contribution in [1.29, 1.82) is 0 Å². The van der Waals surface area contributed by atoms with E-state index < -0.39 is 10.0 Å². The van der Waals surface area contributed by atoms with Gasteiger partial charge in [0.2, 0.25) is 5.09 Å². The molecule has 1 aromatic heterocycles. The lowest BCUT2D eigenvalue weighted by atomic mass is 10.1. The maximum atomic E-state index is 12.3. The van der Waals surface area contributed by atoms with Crippen LogP contribution in [0.15, 0.2) is 45.9 Å². The van der Waals surface area contributed by atoms with Crippen molar-refractivity contribution in [3.63, 3.8) is 0 Å². The van der Waals surface area contributed by atoms with Crippen LogP contribution in [0, 0.1) is 6.92 Å². The minimum Gasteiger partial charge on any atom is -0.446 e. The first-order valence-electron chi connectivity index (χ1n) is 6.15. The predicted molar refractivity (Wildman–Crippen MR) is 74.5 cm³/mol. The summed E-state index contributed by atoms with van der Waals surface area (Å²) in [6.45, 7) is 1.92. The molecule has 0 amide bonds. The summed E-state index contributed by atoms with van der Waals surface area (Å²) in [4.78, 5) is 0. The van der Waals surface area contributed by atoms with E-state index >= 15 is 0 Å². The zero-order valence-corrected chi connectivity index (χ0v) is 12.2. The molecule has 1 heterocycles. The number of hydrogen-bond acceptors (Lipinski definition) is 4. The van der Waals surface area contributed by atoms with Crippen molar-refractivity contribution in [2.45, 2.75) is 25.2 Å². The zero-order valence-electron chi connectivity index (χ0n) is 11.4. The highest BCUT2D eigenvalue weighted by Gasteiger charge is 2.24. The Labute approximate surface area is 118 Å². The minimum absolute atomic E-state index is 0.156. The maximum Gasteiger partial charge on any atom is 0.276 e. The molecule has 0 aliphatic carbocycles. The van der Waals surface area contributed by atoms with Gasteiger partial charge < -0.3 is 9.52 Å². The molecule has 20 heavy (non-hydrogen) atoms. The fourth-order valence-corrected chi connectivity index (χ4v) is 2.85. The molecule has 0 saturated heterocycles. The van der Waals surface area contributed by atoms with Gasteiger partial charge in [-0.3, -0.25) is 0 Å². The number of aryl methyl sites for hydroxylation is 1. The van der Waals surface area contributed by atoms with Gasteiger partial charge >= 0.3 is 0 Å². The number of furan rings is 1. The normalized spacial score (nSPS) is 12.0. The summed E-state index contributed by atoms with van der Waals surface area (Å²) in [5, 5.41) is 8.76. The second kappa shape index (κ2) is 5.78. The Bertz CT molecular complexity index is 673. The van der Waals surface area contributed by atoms with Crippen LogP contribution in [-0.2, 0) is 23.2 Å². The van der Waals surface area contributed by atoms with Crippen LogP contribution in [0.2, 0.25) is 0 Å².